The zero-order valence-electron chi connectivity index (χ0n) is 12.5. The molecule has 3 heteroatoms. The Kier molecular flexibility index (Phi) is 3.23. The molecule has 3 aliphatic heterocycles. The van der Waals surface area contributed by atoms with Crippen LogP contribution in [0.2, 0.25) is 0 Å². The normalized spacial score (nSPS) is 27.2. The molecule has 2 aromatic rings. The molecule has 1 N–H and O–H groups in total. The number of amides is 1. The van der Waals surface area contributed by atoms with Crippen LogP contribution in [0.3, 0.4) is 0 Å². The van der Waals surface area contributed by atoms with Crippen LogP contribution in [0.1, 0.15) is 24.0 Å². The van der Waals surface area contributed by atoms with E-state index in [1.807, 2.05) is 36.4 Å². The first-order valence-electron chi connectivity index (χ1n) is 7.95. The van der Waals surface area contributed by atoms with E-state index in [0.717, 1.165) is 24.9 Å². The Morgan fingerprint density at radius 3 is 2.36 bits per heavy atom. The van der Waals surface area contributed by atoms with Gasteiger partial charge >= 0.3 is 0 Å². The molecule has 0 radical (unpaired) electrons. The third-order valence-electron chi connectivity index (χ3n) is 5.02. The molecular formula is C19H20N2O. The molecule has 3 aliphatic rings. The van der Waals surface area contributed by atoms with Gasteiger partial charge in [0.25, 0.3) is 0 Å². The molecular weight excluding hydrogens is 272 g/mol. The molecule has 112 valence electrons. The number of hydrogen-bond donors (Lipinski definition) is 1. The van der Waals surface area contributed by atoms with E-state index < -0.39 is 5.54 Å². The number of piperidine rings is 2. The predicted molar refractivity (Wildman–Crippen MR) is 86.1 cm³/mol. The van der Waals surface area contributed by atoms with E-state index in [-0.39, 0.29) is 5.91 Å². The molecule has 1 amide bonds. The van der Waals surface area contributed by atoms with Crippen LogP contribution in [0.5, 0.6) is 0 Å². The summed E-state index contributed by atoms with van der Waals surface area (Å²) in [7, 11) is 0. The topological polar surface area (TPSA) is 32.3 Å². The number of piperazine rings is 1. The third kappa shape index (κ3) is 2.04. The van der Waals surface area contributed by atoms with Crippen molar-refractivity contribution in [3.05, 3.63) is 71.8 Å². The van der Waals surface area contributed by atoms with E-state index >= 15 is 0 Å². The number of rotatable bonds is 3. The van der Waals surface area contributed by atoms with Gasteiger partial charge in [-0.15, -0.1) is 0 Å². The van der Waals surface area contributed by atoms with Gasteiger partial charge in [-0.05, 0) is 24.0 Å². The number of benzene rings is 2. The van der Waals surface area contributed by atoms with Gasteiger partial charge in [-0.3, -0.25) is 10.1 Å². The van der Waals surface area contributed by atoms with E-state index in [0.29, 0.717) is 12.6 Å². The van der Waals surface area contributed by atoms with Crippen molar-refractivity contribution < 1.29 is 4.79 Å². The highest BCUT2D eigenvalue weighted by Crippen LogP contribution is 2.39. The fourth-order valence-electron chi connectivity index (χ4n) is 3.80. The van der Waals surface area contributed by atoms with Crippen molar-refractivity contribution in [2.24, 2.45) is 0 Å². The summed E-state index contributed by atoms with van der Waals surface area (Å²) in [6, 6.07) is 20.8. The smallest absolute Gasteiger partial charge is 0.248 e. The monoisotopic (exact) mass is 292 g/mol. The first-order chi connectivity index (χ1) is 10.8. The molecule has 0 saturated carbocycles. The van der Waals surface area contributed by atoms with Crippen molar-refractivity contribution in [3.8, 4) is 0 Å². The Balaban J connectivity index is 1.67. The van der Waals surface area contributed by atoms with Gasteiger partial charge in [-0.25, -0.2) is 0 Å². The van der Waals surface area contributed by atoms with Gasteiger partial charge in [0.15, 0.2) is 0 Å². The van der Waals surface area contributed by atoms with E-state index in [9.17, 15) is 4.79 Å². The van der Waals surface area contributed by atoms with E-state index in [2.05, 4.69) is 34.5 Å². The molecule has 0 aliphatic carbocycles. The number of nitrogens with one attached hydrogen (secondary N) is 1. The summed E-state index contributed by atoms with van der Waals surface area (Å²) in [6.45, 7) is 1.59. The zero-order valence-corrected chi connectivity index (χ0v) is 12.5. The fraction of sp³-hybridized carbons (Fsp3) is 0.316. The minimum absolute atomic E-state index is 0.227. The first-order valence-corrected chi connectivity index (χ1v) is 7.95. The fourth-order valence-corrected chi connectivity index (χ4v) is 3.80. The van der Waals surface area contributed by atoms with E-state index in [4.69, 9.17) is 0 Å². The molecule has 5 rings (SSSR count). The standard InChI is InChI=1S/C19H20N2O/c22-18-19(16-9-5-2-6-10-16)12-11-17(13-20-19)21(18)14-15-7-3-1-4-8-15/h1-10,17,20H,11-14H2. The highest BCUT2D eigenvalue weighted by molar-refractivity contribution is 5.89. The quantitative estimate of drug-likeness (QED) is 0.943. The van der Waals surface area contributed by atoms with Crippen LogP contribution < -0.4 is 5.32 Å². The minimum atomic E-state index is -0.523. The summed E-state index contributed by atoms with van der Waals surface area (Å²) in [5, 5.41) is 3.52. The summed E-state index contributed by atoms with van der Waals surface area (Å²) in [6.07, 6.45) is 1.96. The van der Waals surface area contributed by atoms with Crippen LogP contribution in [0.25, 0.3) is 0 Å². The number of hydrogen-bond acceptors (Lipinski definition) is 2. The van der Waals surface area contributed by atoms with Gasteiger partial charge in [0.1, 0.15) is 5.54 Å². The van der Waals surface area contributed by atoms with Gasteiger partial charge in [-0.2, -0.15) is 0 Å². The second kappa shape index (κ2) is 5.25. The number of fused-ring (bicyclic) bond motifs is 3. The molecule has 2 bridgehead atoms. The van der Waals surface area contributed by atoms with Crippen molar-refractivity contribution in [3.63, 3.8) is 0 Å². The second-order valence-electron chi connectivity index (χ2n) is 6.26. The Morgan fingerprint density at radius 1 is 1.05 bits per heavy atom. The lowest BCUT2D eigenvalue weighted by Crippen LogP contribution is -2.69. The molecule has 22 heavy (non-hydrogen) atoms. The van der Waals surface area contributed by atoms with E-state index in [1.165, 1.54) is 5.56 Å². The maximum atomic E-state index is 13.2. The molecule has 0 spiro atoms. The molecule has 3 fully saturated rings. The van der Waals surface area contributed by atoms with Crippen LogP contribution in [-0.4, -0.2) is 23.4 Å². The van der Waals surface area contributed by atoms with Gasteiger partial charge in [0.2, 0.25) is 5.91 Å². The van der Waals surface area contributed by atoms with E-state index in [1.54, 1.807) is 0 Å². The summed E-state index contributed by atoms with van der Waals surface area (Å²) in [4.78, 5) is 15.2. The number of nitrogens with zero attached hydrogens (tertiary/aromatic N) is 1. The molecule has 3 nitrogen and oxygen atoms in total. The van der Waals surface area contributed by atoms with Gasteiger partial charge in [0.05, 0.1) is 0 Å². The Morgan fingerprint density at radius 2 is 1.73 bits per heavy atom. The number of carbonyl (C=O) groups is 1. The van der Waals surface area contributed by atoms with Gasteiger partial charge in [0, 0.05) is 19.1 Å². The van der Waals surface area contributed by atoms with Crippen molar-refractivity contribution in [2.45, 2.75) is 31.0 Å². The molecule has 2 unspecified atom stereocenters. The first kappa shape index (κ1) is 13.5. The minimum Gasteiger partial charge on any atom is -0.332 e. The molecule has 2 aromatic carbocycles. The largest absolute Gasteiger partial charge is 0.332 e. The van der Waals surface area contributed by atoms with Crippen molar-refractivity contribution >= 4 is 5.91 Å². The van der Waals surface area contributed by atoms with Gasteiger partial charge in [-0.1, -0.05) is 60.7 Å². The van der Waals surface area contributed by atoms with Crippen molar-refractivity contribution in [1.29, 1.82) is 0 Å². The van der Waals surface area contributed by atoms with Crippen LogP contribution in [0.4, 0.5) is 0 Å². The predicted octanol–water partition coefficient (Wildman–Crippen LogP) is 2.68. The summed E-state index contributed by atoms with van der Waals surface area (Å²) in [5.74, 6) is 0.227. The molecule has 2 atom stereocenters. The van der Waals surface area contributed by atoms with Gasteiger partial charge < -0.3 is 4.90 Å². The van der Waals surface area contributed by atoms with Crippen LogP contribution in [0.15, 0.2) is 60.7 Å². The van der Waals surface area contributed by atoms with Crippen molar-refractivity contribution in [2.75, 3.05) is 6.54 Å². The lowest BCUT2D eigenvalue weighted by Gasteiger charge is -2.52. The Labute approximate surface area is 131 Å². The lowest BCUT2D eigenvalue weighted by molar-refractivity contribution is -0.152. The van der Waals surface area contributed by atoms with Crippen LogP contribution in [-0.2, 0) is 16.9 Å². The maximum Gasteiger partial charge on any atom is 0.248 e. The van der Waals surface area contributed by atoms with Crippen LogP contribution >= 0.6 is 0 Å². The molecule has 3 saturated heterocycles. The zero-order chi connectivity index (χ0) is 15.0. The second-order valence-corrected chi connectivity index (χ2v) is 6.26. The van der Waals surface area contributed by atoms with Crippen LogP contribution in [0, 0.1) is 0 Å². The Bertz CT molecular complexity index is 660. The highest BCUT2D eigenvalue weighted by Gasteiger charge is 2.52. The third-order valence-corrected chi connectivity index (χ3v) is 5.02. The summed E-state index contributed by atoms with van der Waals surface area (Å²) < 4.78 is 0. The lowest BCUT2D eigenvalue weighted by atomic mass is 9.75. The summed E-state index contributed by atoms with van der Waals surface area (Å²) in [5.41, 5.74) is 1.77. The summed E-state index contributed by atoms with van der Waals surface area (Å²) >= 11 is 0. The maximum absolute atomic E-state index is 13.2. The number of carbonyl (C=O) groups excluding carboxylic acids is 1. The average molecular weight is 292 g/mol. The Hall–Kier alpha value is -2.13. The highest BCUT2D eigenvalue weighted by atomic mass is 16.2. The molecule has 0 aromatic heterocycles. The van der Waals surface area contributed by atoms with Crippen molar-refractivity contribution in [1.82, 2.24) is 10.2 Å². The molecule has 3 heterocycles. The SMILES string of the molecule is O=C1N(Cc2ccccc2)C2CCC1(c1ccccc1)NC2. The average Bonchev–Trinajstić information content (AvgIpc) is 2.60.